The van der Waals surface area contributed by atoms with Crippen LogP contribution in [0.5, 0.6) is 0 Å². The summed E-state index contributed by atoms with van der Waals surface area (Å²) in [6, 6.07) is 0. The van der Waals surface area contributed by atoms with Crippen LogP contribution in [0.4, 0.5) is 5.82 Å². The minimum Gasteiger partial charge on any atom is -0.370 e. The van der Waals surface area contributed by atoms with E-state index in [1.54, 1.807) is 11.3 Å². The predicted molar refractivity (Wildman–Crippen MR) is 84.2 cm³/mol. The number of nitrogens with zero attached hydrogens (tertiary/aromatic N) is 2. The number of anilines is 1. The Balaban J connectivity index is 2.58. The monoisotopic (exact) mass is 277 g/mol. The summed E-state index contributed by atoms with van der Waals surface area (Å²) in [5.74, 6) is 1.94. The Kier molecular flexibility index (Phi) is 3.81. The molecule has 2 heterocycles. The number of aromatic nitrogens is 2. The zero-order valence-electron chi connectivity index (χ0n) is 12.7. The molecular formula is C15H23N3S. The average molecular weight is 277 g/mol. The predicted octanol–water partition coefficient (Wildman–Crippen LogP) is 4.33. The molecule has 0 amide bonds. The molecule has 2 aromatic rings. The molecule has 0 unspecified atom stereocenters. The summed E-state index contributed by atoms with van der Waals surface area (Å²) in [6.45, 7) is 14.0. The van der Waals surface area contributed by atoms with Crippen molar-refractivity contribution in [3.8, 4) is 0 Å². The smallest absolute Gasteiger partial charge is 0.138 e. The lowest BCUT2D eigenvalue weighted by Gasteiger charge is -2.17. The Labute approximate surface area is 119 Å². The van der Waals surface area contributed by atoms with Crippen molar-refractivity contribution < 1.29 is 0 Å². The molecule has 104 valence electrons. The van der Waals surface area contributed by atoms with E-state index in [0.717, 1.165) is 29.4 Å². The van der Waals surface area contributed by atoms with Crippen LogP contribution in [-0.4, -0.2) is 16.5 Å². The minimum absolute atomic E-state index is 0.207. The first-order valence-corrected chi connectivity index (χ1v) is 7.64. The molecule has 0 fully saturated rings. The van der Waals surface area contributed by atoms with Gasteiger partial charge >= 0.3 is 0 Å². The second kappa shape index (κ2) is 5.08. The van der Waals surface area contributed by atoms with Gasteiger partial charge in [0.15, 0.2) is 0 Å². The van der Waals surface area contributed by atoms with Crippen LogP contribution in [0.2, 0.25) is 0 Å². The highest BCUT2D eigenvalue weighted by Gasteiger charge is 2.18. The van der Waals surface area contributed by atoms with Crippen LogP contribution < -0.4 is 5.32 Å². The Bertz CT molecular complexity index is 593. The Morgan fingerprint density at radius 2 is 1.84 bits per heavy atom. The standard InChI is InChI=1S/C15H23N3S/c1-7-16-13-12-9(2)10(3)19-14(12)18-11(17-13)8-15(4,5)6/h7-8H2,1-6H3,(H,16,17,18). The summed E-state index contributed by atoms with van der Waals surface area (Å²) in [4.78, 5) is 11.9. The van der Waals surface area contributed by atoms with E-state index in [2.05, 4.69) is 46.9 Å². The third-order valence-electron chi connectivity index (χ3n) is 3.11. The number of aryl methyl sites for hydroxylation is 2. The number of nitrogens with one attached hydrogen (secondary N) is 1. The van der Waals surface area contributed by atoms with Gasteiger partial charge in [0.25, 0.3) is 0 Å². The molecule has 0 atom stereocenters. The van der Waals surface area contributed by atoms with Crippen LogP contribution in [-0.2, 0) is 6.42 Å². The second-order valence-electron chi connectivity index (χ2n) is 6.22. The lowest BCUT2D eigenvalue weighted by atomic mass is 9.92. The minimum atomic E-state index is 0.207. The number of rotatable bonds is 3. The fraction of sp³-hybridized carbons (Fsp3) is 0.600. The molecule has 19 heavy (non-hydrogen) atoms. The topological polar surface area (TPSA) is 37.8 Å². The molecule has 2 rings (SSSR count). The van der Waals surface area contributed by atoms with Gasteiger partial charge in [0.1, 0.15) is 16.5 Å². The summed E-state index contributed by atoms with van der Waals surface area (Å²) >= 11 is 1.77. The molecule has 2 aromatic heterocycles. The highest BCUT2D eigenvalue weighted by atomic mass is 32.1. The summed E-state index contributed by atoms with van der Waals surface area (Å²) in [6.07, 6.45) is 0.900. The normalized spacial score (nSPS) is 12.1. The number of hydrogen-bond acceptors (Lipinski definition) is 4. The molecular weight excluding hydrogens is 254 g/mol. The maximum Gasteiger partial charge on any atom is 0.138 e. The molecule has 0 spiro atoms. The zero-order valence-corrected chi connectivity index (χ0v) is 13.5. The van der Waals surface area contributed by atoms with E-state index in [1.807, 2.05) is 0 Å². The quantitative estimate of drug-likeness (QED) is 0.907. The van der Waals surface area contributed by atoms with Crippen LogP contribution in [0.1, 0.15) is 44.0 Å². The molecule has 0 aliphatic carbocycles. The van der Waals surface area contributed by atoms with Gasteiger partial charge in [0.2, 0.25) is 0 Å². The van der Waals surface area contributed by atoms with Gasteiger partial charge in [-0.2, -0.15) is 0 Å². The Morgan fingerprint density at radius 3 is 2.42 bits per heavy atom. The van der Waals surface area contributed by atoms with Crippen molar-refractivity contribution in [2.75, 3.05) is 11.9 Å². The highest BCUT2D eigenvalue weighted by molar-refractivity contribution is 7.18. The second-order valence-corrected chi connectivity index (χ2v) is 7.42. The average Bonchev–Trinajstić information content (AvgIpc) is 2.52. The van der Waals surface area contributed by atoms with Gasteiger partial charge in [0.05, 0.1) is 5.39 Å². The highest BCUT2D eigenvalue weighted by Crippen LogP contribution is 2.34. The van der Waals surface area contributed by atoms with E-state index in [0.29, 0.717) is 0 Å². The third kappa shape index (κ3) is 3.06. The van der Waals surface area contributed by atoms with E-state index in [-0.39, 0.29) is 5.41 Å². The molecule has 0 saturated carbocycles. The van der Waals surface area contributed by atoms with Gasteiger partial charge < -0.3 is 5.32 Å². The summed E-state index contributed by atoms with van der Waals surface area (Å²) in [7, 11) is 0. The Morgan fingerprint density at radius 1 is 1.16 bits per heavy atom. The molecule has 0 aliphatic heterocycles. The van der Waals surface area contributed by atoms with Gasteiger partial charge in [0, 0.05) is 17.8 Å². The molecule has 0 radical (unpaired) electrons. The lowest BCUT2D eigenvalue weighted by Crippen LogP contribution is -2.13. The zero-order chi connectivity index (χ0) is 14.2. The van der Waals surface area contributed by atoms with E-state index in [1.165, 1.54) is 15.8 Å². The maximum absolute atomic E-state index is 4.75. The molecule has 0 bridgehead atoms. The molecule has 3 nitrogen and oxygen atoms in total. The lowest BCUT2D eigenvalue weighted by molar-refractivity contribution is 0.401. The largest absolute Gasteiger partial charge is 0.370 e. The maximum atomic E-state index is 4.75. The van der Waals surface area contributed by atoms with E-state index < -0.39 is 0 Å². The van der Waals surface area contributed by atoms with Crippen LogP contribution in [0, 0.1) is 19.3 Å². The number of thiophene rings is 1. The molecule has 0 saturated heterocycles. The molecule has 0 aliphatic rings. The van der Waals surface area contributed by atoms with Gasteiger partial charge in [-0.15, -0.1) is 11.3 Å². The van der Waals surface area contributed by atoms with Crippen molar-refractivity contribution in [1.82, 2.24) is 9.97 Å². The van der Waals surface area contributed by atoms with Crippen molar-refractivity contribution in [3.05, 3.63) is 16.3 Å². The fourth-order valence-electron chi connectivity index (χ4n) is 2.14. The summed E-state index contributed by atoms with van der Waals surface area (Å²) < 4.78 is 0. The van der Waals surface area contributed by atoms with Crippen molar-refractivity contribution in [2.24, 2.45) is 5.41 Å². The molecule has 1 N–H and O–H groups in total. The fourth-order valence-corrected chi connectivity index (χ4v) is 3.19. The van der Waals surface area contributed by atoms with E-state index >= 15 is 0 Å². The van der Waals surface area contributed by atoms with Crippen LogP contribution >= 0.6 is 11.3 Å². The van der Waals surface area contributed by atoms with Gasteiger partial charge in [-0.05, 0) is 31.7 Å². The first-order chi connectivity index (χ1) is 8.81. The van der Waals surface area contributed by atoms with Crippen LogP contribution in [0.3, 0.4) is 0 Å². The van der Waals surface area contributed by atoms with E-state index in [9.17, 15) is 0 Å². The number of fused-ring (bicyclic) bond motifs is 1. The van der Waals surface area contributed by atoms with Crippen LogP contribution in [0.15, 0.2) is 0 Å². The Hall–Kier alpha value is -1.16. The number of hydrogen-bond donors (Lipinski definition) is 1. The summed E-state index contributed by atoms with van der Waals surface area (Å²) in [5.41, 5.74) is 1.51. The third-order valence-corrected chi connectivity index (χ3v) is 4.21. The molecule has 0 aromatic carbocycles. The van der Waals surface area contributed by atoms with Crippen molar-refractivity contribution in [2.45, 2.75) is 48.0 Å². The van der Waals surface area contributed by atoms with Gasteiger partial charge in [-0.3, -0.25) is 0 Å². The first-order valence-electron chi connectivity index (χ1n) is 6.82. The van der Waals surface area contributed by atoms with Gasteiger partial charge in [-0.1, -0.05) is 20.8 Å². The summed E-state index contributed by atoms with van der Waals surface area (Å²) in [5, 5.41) is 4.58. The van der Waals surface area contributed by atoms with Gasteiger partial charge in [-0.25, -0.2) is 9.97 Å². The van der Waals surface area contributed by atoms with Crippen molar-refractivity contribution in [3.63, 3.8) is 0 Å². The first kappa shape index (κ1) is 14.3. The van der Waals surface area contributed by atoms with Crippen molar-refractivity contribution in [1.29, 1.82) is 0 Å². The van der Waals surface area contributed by atoms with Crippen molar-refractivity contribution >= 4 is 27.4 Å². The van der Waals surface area contributed by atoms with Crippen LogP contribution in [0.25, 0.3) is 10.2 Å². The molecule has 4 heteroatoms. The SMILES string of the molecule is CCNc1nc(CC(C)(C)C)nc2sc(C)c(C)c12. The van der Waals surface area contributed by atoms with E-state index in [4.69, 9.17) is 9.97 Å².